The molecule has 0 aromatic rings. The molecule has 0 saturated heterocycles. The molecule has 0 rings (SSSR count). The predicted octanol–water partition coefficient (Wildman–Crippen LogP) is 3.93. The monoisotopic (exact) mass is 256 g/mol. The molecule has 0 aromatic carbocycles. The zero-order valence-corrected chi connectivity index (χ0v) is 9.42. The Labute approximate surface area is 74.7 Å². The Morgan fingerprint density at radius 3 is 2.00 bits per heavy atom. The molecule has 1 atom stereocenters. The van der Waals surface area contributed by atoms with E-state index in [1.807, 2.05) is 0 Å². The molecule has 0 spiro atoms. The van der Waals surface area contributed by atoms with E-state index in [9.17, 15) is 0 Å². The molecule has 0 amide bonds. The highest BCUT2D eigenvalue weighted by Crippen LogP contribution is 2.33. The molecule has 0 aliphatic heterocycles. The Morgan fingerprint density at radius 1 is 1.44 bits per heavy atom. The largest absolute Gasteiger partial charge is 0.0780 e. The van der Waals surface area contributed by atoms with Gasteiger partial charge in [0.1, 0.15) is 0 Å². The lowest BCUT2D eigenvalue weighted by Gasteiger charge is -2.17. The third-order valence-corrected chi connectivity index (χ3v) is 2.05. The zero-order chi connectivity index (χ0) is 7.49. The van der Waals surface area contributed by atoms with E-state index >= 15 is 0 Å². The maximum Gasteiger partial charge on any atom is 0.0780 e. The molecule has 1 unspecified atom stereocenters. The molecule has 0 heterocycles. The maximum absolute atomic E-state index is 3.54. The van der Waals surface area contributed by atoms with Crippen molar-refractivity contribution in [2.75, 3.05) is 0 Å². The van der Waals surface area contributed by atoms with Gasteiger partial charge >= 0.3 is 0 Å². The Kier molecular flexibility index (Phi) is 4.39. The number of hydrogen-bond acceptors (Lipinski definition) is 0. The smallest absolute Gasteiger partial charge is 0.0730 e. The molecule has 0 aliphatic rings. The molecule has 56 valence electrons. The fourth-order valence-corrected chi connectivity index (χ4v) is 1.86. The highest BCUT2D eigenvalue weighted by atomic mass is 79.9. The van der Waals surface area contributed by atoms with E-state index in [-0.39, 0.29) is 3.23 Å². The topological polar surface area (TPSA) is 0 Å². The van der Waals surface area contributed by atoms with Gasteiger partial charge in [-0.3, -0.25) is 0 Å². The van der Waals surface area contributed by atoms with Crippen molar-refractivity contribution in [3.05, 3.63) is 0 Å². The van der Waals surface area contributed by atoms with Crippen molar-refractivity contribution in [3.8, 4) is 0 Å². The number of alkyl halides is 2. The van der Waals surface area contributed by atoms with Crippen molar-refractivity contribution < 1.29 is 0 Å². The summed E-state index contributed by atoms with van der Waals surface area (Å²) in [5.41, 5.74) is 0. The summed E-state index contributed by atoms with van der Waals surface area (Å²) in [6.45, 7) is 6.62. The first-order chi connectivity index (χ1) is 3.95. The second kappa shape index (κ2) is 3.97. The molecule has 0 nitrogen and oxygen atoms in total. The van der Waals surface area contributed by atoms with Crippen LogP contribution < -0.4 is 0 Å². The lowest BCUT2D eigenvalue weighted by atomic mass is 10.0. The van der Waals surface area contributed by atoms with E-state index < -0.39 is 0 Å². The Balaban J connectivity index is 3.47. The lowest BCUT2D eigenvalue weighted by molar-refractivity contribution is 0.508. The van der Waals surface area contributed by atoms with Crippen LogP contribution in [-0.2, 0) is 0 Å². The van der Waals surface area contributed by atoms with Crippen LogP contribution in [0, 0.1) is 5.92 Å². The van der Waals surface area contributed by atoms with Crippen LogP contribution in [0.3, 0.4) is 0 Å². The Hall–Kier alpha value is 0.960. The molecule has 0 fully saturated rings. The van der Waals surface area contributed by atoms with Gasteiger partial charge in [0.2, 0.25) is 0 Å². The molecule has 0 saturated carbocycles. The molecule has 0 N–H and O–H groups in total. The molecular formula is C7H14Br2. The van der Waals surface area contributed by atoms with Crippen molar-refractivity contribution >= 4 is 31.9 Å². The van der Waals surface area contributed by atoms with E-state index in [0.29, 0.717) is 0 Å². The number of rotatable bonds is 3. The van der Waals surface area contributed by atoms with Gasteiger partial charge in [-0.05, 0) is 19.3 Å². The average Bonchev–Trinajstić information content (AvgIpc) is 1.62. The van der Waals surface area contributed by atoms with Crippen LogP contribution in [0.2, 0.25) is 0 Å². The predicted molar refractivity (Wildman–Crippen MR) is 50.3 cm³/mol. The summed E-state index contributed by atoms with van der Waals surface area (Å²) in [5.74, 6) is 0.800. The summed E-state index contributed by atoms with van der Waals surface area (Å²) < 4.78 is 0.148. The summed E-state index contributed by atoms with van der Waals surface area (Å²) in [6, 6.07) is 0. The normalized spacial score (nSPS) is 15.7. The zero-order valence-electron chi connectivity index (χ0n) is 6.25. The van der Waals surface area contributed by atoms with Gasteiger partial charge in [0.25, 0.3) is 0 Å². The first kappa shape index (κ1) is 9.96. The van der Waals surface area contributed by atoms with Gasteiger partial charge in [-0.1, -0.05) is 52.1 Å². The SMILES string of the molecule is CCC(C)CC(C)(Br)Br. The van der Waals surface area contributed by atoms with Gasteiger partial charge in [0.05, 0.1) is 3.23 Å². The highest BCUT2D eigenvalue weighted by Gasteiger charge is 2.17. The highest BCUT2D eigenvalue weighted by molar-refractivity contribution is 9.25. The second-order valence-electron chi connectivity index (χ2n) is 2.79. The lowest BCUT2D eigenvalue weighted by Crippen LogP contribution is -2.09. The summed E-state index contributed by atoms with van der Waals surface area (Å²) in [5, 5.41) is 0. The number of hydrogen-bond donors (Lipinski definition) is 0. The fourth-order valence-electron chi connectivity index (χ4n) is 0.756. The van der Waals surface area contributed by atoms with Crippen LogP contribution in [0.4, 0.5) is 0 Å². The first-order valence-electron chi connectivity index (χ1n) is 3.33. The van der Waals surface area contributed by atoms with Crippen LogP contribution >= 0.6 is 31.9 Å². The van der Waals surface area contributed by atoms with E-state index in [1.54, 1.807) is 0 Å². The second-order valence-corrected chi connectivity index (χ2v) is 7.35. The minimum atomic E-state index is 0.148. The molecular weight excluding hydrogens is 244 g/mol. The van der Waals surface area contributed by atoms with Crippen LogP contribution in [0.1, 0.15) is 33.6 Å². The quantitative estimate of drug-likeness (QED) is 0.673. The Bertz CT molecular complexity index is 73.5. The van der Waals surface area contributed by atoms with Crippen molar-refractivity contribution in [1.82, 2.24) is 0 Å². The van der Waals surface area contributed by atoms with Crippen molar-refractivity contribution in [2.45, 2.75) is 36.8 Å². The molecule has 0 bridgehead atoms. The van der Waals surface area contributed by atoms with Crippen LogP contribution in [-0.4, -0.2) is 3.23 Å². The molecule has 0 radical (unpaired) electrons. The van der Waals surface area contributed by atoms with E-state index in [1.165, 1.54) is 12.8 Å². The van der Waals surface area contributed by atoms with Gasteiger partial charge in [-0.25, -0.2) is 0 Å². The summed E-state index contributed by atoms with van der Waals surface area (Å²) in [7, 11) is 0. The van der Waals surface area contributed by atoms with Gasteiger partial charge in [0, 0.05) is 0 Å². The third-order valence-electron chi connectivity index (χ3n) is 1.40. The molecule has 0 aliphatic carbocycles. The van der Waals surface area contributed by atoms with E-state index in [4.69, 9.17) is 0 Å². The average molecular weight is 258 g/mol. The van der Waals surface area contributed by atoms with Crippen molar-refractivity contribution in [3.63, 3.8) is 0 Å². The minimum Gasteiger partial charge on any atom is -0.0730 e. The molecule has 2 heteroatoms. The fraction of sp³-hybridized carbons (Fsp3) is 1.00. The molecule has 9 heavy (non-hydrogen) atoms. The summed E-state index contributed by atoms with van der Waals surface area (Å²) in [6.07, 6.45) is 2.44. The summed E-state index contributed by atoms with van der Waals surface area (Å²) >= 11 is 7.07. The van der Waals surface area contributed by atoms with Crippen LogP contribution in [0.5, 0.6) is 0 Å². The van der Waals surface area contributed by atoms with E-state index in [0.717, 1.165) is 5.92 Å². The van der Waals surface area contributed by atoms with E-state index in [2.05, 4.69) is 52.6 Å². The van der Waals surface area contributed by atoms with Gasteiger partial charge < -0.3 is 0 Å². The van der Waals surface area contributed by atoms with Crippen molar-refractivity contribution in [1.29, 1.82) is 0 Å². The van der Waals surface area contributed by atoms with Crippen LogP contribution in [0.15, 0.2) is 0 Å². The minimum absolute atomic E-state index is 0.148. The first-order valence-corrected chi connectivity index (χ1v) is 4.92. The number of halogens is 2. The maximum atomic E-state index is 3.54. The van der Waals surface area contributed by atoms with Gasteiger partial charge in [-0.15, -0.1) is 0 Å². The van der Waals surface area contributed by atoms with Gasteiger partial charge in [-0.2, -0.15) is 0 Å². The Morgan fingerprint density at radius 2 is 1.89 bits per heavy atom. The standard InChI is InChI=1S/C7H14Br2/c1-4-6(2)5-7(3,8)9/h6H,4-5H2,1-3H3. The van der Waals surface area contributed by atoms with Gasteiger partial charge in [0.15, 0.2) is 0 Å². The van der Waals surface area contributed by atoms with Crippen LogP contribution in [0.25, 0.3) is 0 Å². The third kappa shape index (κ3) is 6.85. The summed E-state index contributed by atoms with van der Waals surface area (Å²) in [4.78, 5) is 0. The van der Waals surface area contributed by atoms with Crippen molar-refractivity contribution in [2.24, 2.45) is 5.92 Å². The molecule has 0 aromatic heterocycles.